The van der Waals surface area contributed by atoms with Crippen molar-refractivity contribution >= 4 is 5.78 Å². The number of allylic oxidation sites excluding steroid dienone is 1. The van der Waals surface area contributed by atoms with E-state index in [1.165, 1.54) is 12.2 Å². The van der Waals surface area contributed by atoms with E-state index in [0.29, 0.717) is 6.42 Å². The molecule has 0 saturated carbocycles. The Kier molecular flexibility index (Phi) is 2.64. The Morgan fingerprint density at radius 2 is 2.24 bits per heavy atom. The van der Waals surface area contributed by atoms with E-state index in [2.05, 4.69) is 6.07 Å². The molecule has 1 aliphatic carbocycles. The van der Waals surface area contributed by atoms with Crippen molar-refractivity contribution in [1.82, 2.24) is 0 Å². The molecule has 4 nitrogen and oxygen atoms in total. The van der Waals surface area contributed by atoms with E-state index in [0.717, 1.165) is 0 Å². The van der Waals surface area contributed by atoms with E-state index in [9.17, 15) is 15.2 Å². The zero-order valence-electron chi connectivity index (χ0n) is 10.3. The van der Waals surface area contributed by atoms with Crippen LogP contribution in [0.25, 0.3) is 0 Å². The summed E-state index contributed by atoms with van der Waals surface area (Å²) in [6, 6.07) is 2.14. The summed E-state index contributed by atoms with van der Waals surface area (Å²) in [4.78, 5) is 11.7. The molecule has 92 valence electrons. The first kappa shape index (κ1) is 12.3. The smallest absolute Gasteiger partial charge is 0.160 e. The van der Waals surface area contributed by atoms with Crippen LogP contribution in [0.1, 0.15) is 27.2 Å². The Morgan fingerprint density at radius 1 is 1.59 bits per heavy atom. The van der Waals surface area contributed by atoms with Gasteiger partial charge in [-0.2, -0.15) is 5.26 Å². The number of ketones is 1. The zero-order valence-corrected chi connectivity index (χ0v) is 10.3. The minimum Gasteiger partial charge on any atom is -0.391 e. The van der Waals surface area contributed by atoms with Gasteiger partial charge in [-0.15, -0.1) is 0 Å². The van der Waals surface area contributed by atoms with Crippen molar-refractivity contribution in [2.45, 2.75) is 45.0 Å². The van der Waals surface area contributed by atoms with Gasteiger partial charge in [0.25, 0.3) is 0 Å². The predicted molar refractivity (Wildman–Crippen MR) is 60.9 cm³/mol. The normalized spacial score (nSPS) is 43.9. The summed E-state index contributed by atoms with van der Waals surface area (Å²) in [7, 11) is 0. The van der Waals surface area contributed by atoms with E-state index in [1.54, 1.807) is 6.92 Å². The molecule has 0 aromatic carbocycles. The lowest BCUT2D eigenvalue weighted by atomic mass is 9.65. The Morgan fingerprint density at radius 3 is 2.82 bits per heavy atom. The molecule has 4 heteroatoms. The van der Waals surface area contributed by atoms with E-state index in [1.807, 2.05) is 13.8 Å². The highest BCUT2D eigenvalue weighted by Gasteiger charge is 2.56. The average Bonchev–Trinajstić information content (AvgIpc) is 2.24. The van der Waals surface area contributed by atoms with E-state index >= 15 is 0 Å². The van der Waals surface area contributed by atoms with Crippen molar-refractivity contribution in [2.75, 3.05) is 0 Å². The third-order valence-electron chi connectivity index (χ3n) is 3.77. The van der Waals surface area contributed by atoms with Gasteiger partial charge in [0.05, 0.1) is 23.9 Å². The van der Waals surface area contributed by atoms with Crippen LogP contribution in [-0.2, 0) is 9.53 Å². The number of carbonyl (C=O) groups excluding carboxylic acids is 1. The number of ether oxygens (including phenoxy) is 1. The molecular weight excluding hydrogens is 218 g/mol. The van der Waals surface area contributed by atoms with Crippen LogP contribution in [0.4, 0.5) is 0 Å². The highest BCUT2D eigenvalue weighted by Crippen LogP contribution is 2.46. The maximum Gasteiger partial charge on any atom is 0.160 e. The topological polar surface area (TPSA) is 70.3 Å². The quantitative estimate of drug-likeness (QED) is 0.685. The monoisotopic (exact) mass is 235 g/mol. The second-order valence-electron chi connectivity index (χ2n) is 5.59. The van der Waals surface area contributed by atoms with Crippen molar-refractivity contribution in [2.24, 2.45) is 11.3 Å². The van der Waals surface area contributed by atoms with Crippen LogP contribution in [0.5, 0.6) is 0 Å². The molecule has 2 rings (SSSR count). The molecule has 1 saturated heterocycles. The minimum atomic E-state index is -1.08. The van der Waals surface area contributed by atoms with Gasteiger partial charge < -0.3 is 9.84 Å². The molecule has 1 aliphatic heterocycles. The first-order valence-electron chi connectivity index (χ1n) is 5.82. The molecule has 2 aliphatic rings. The Hall–Kier alpha value is -1.18. The summed E-state index contributed by atoms with van der Waals surface area (Å²) in [6.07, 6.45) is 1.94. The van der Waals surface area contributed by atoms with Crippen molar-refractivity contribution in [1.29, 1.82) is 5.26 Å². The summed E-state index contributed by atoms with van der Waals surface area (Å²) in [6.45, 7) is 5.48. The van der Waals surface area contributed by atoms with Gasteiger partial charge in [0.15, 0.2) is 5.78 Å². The van der Waals surface area contributed by atoms with Gasteiger partial charge in [-0.3, -0.25) is 4.79 Å². The summed E-state index contributed by atoms with van der Waals surface area (Å²) in [5.74, 6) is -0.445. The molecule has 17 heavy (non-hydrogen) atoms. The largest absolute Gasteiger partial charge is 0.391 e. The summed E-state index contributed by atoms with van der Waals surface area (Å²) < 4.78 is 5.87. The fourth-order valence-corrected chi connectivity index (χ4v) is 2.73. The van der Waals surface area contributed by atoms with Crippen molar-refractivity contribution in [3.05, 3.63) is 12.2 Å². The van der Waals surface area contributed by atoms with Gasteiger partial charge in [-0.25, -0.2) is 0 Å². The minimum absolute atomic E-state index is 0.0502. The summed E-state index contributed by atoms with van der Waals surface area (Å²) in [5.41, 5.74) is -1.59. The molecule has 1 unspecified atom stereocenters. The highest BCUT2D eigenvalue weighted by molar-refractivity contribution is 5.93. The number of carbonyl (C=O) groups is 1. The SMILES string of the molecule is C[C@@H]1C(=O)C=C[C@@]2(C#N)C1OC(C)(C)C[C@H]2O. The van der Waals surface area contributed by atoms with Crippen LogP contribution < -0.4 is 0 Å². The van der Waals surface area contributed by atoms with E-state index in [4.69, 9.17) is 4.74 Å². The van der Waals surface area contributed by atoms with E-state index in [-0.39, 0.29) is 5.78 Å². The lowest BCUT2D eigenvalue weighted by molar-refractivity contribution is -0.204. The number of aliphatic hydroxyl groups is 1. The number of nitrogens with zero attached hydrogens (tertiary/aromatic N) is 1. The lowest BCUT2D eigenvalue weighted by Gasteiger charge is -2.50. The molecule has 0 aromatic heterocycles. The maximum atomic E-state index is 11.7. The zero-order chi connectivity index (χ0) is 12.8. The number of hydrogen-bond acceptors (Lipinski definition) is 4. The third-order valence-corrected chi connectivity index (χ3v) is 3.77. The molecule has 0 radical (unpaired) electrons. The van der Waals surface area contributed by atoms with Gasteiger partial charge >= 0.3 is 0 Å². The Balaban J connectivity index is 2.49. The van der Waals surface area contributed by atoms with Gasteiger partial charge in [-0.1, -0.05) is 13.0 Å². The number of rotatable bonds is 0. The van der Waals surface area contributed by atoms with Crippen LogP contribution in [0.3, 0.4) is 0 Å². The number of nitriles is 1. The predicted octanol–water partition coefficient (Wildman–Crippen LogP) is 1.20. The molecule has 0 spiro atoms. The van der Waals surface area contributed by atoms with Crippen molar-refractivity contribution in [3.63, 3.8) is 0 Å². The van der Waals surface area contributed by atoms with Gasteiger partial charge in [-0.05, 0) is 19.9 Å². The van der Waals surface area contributed by atoms with Crippen LogP contribution in [0.2, 0.25) is 0 Å². The molecule has 1 heterocycles. The molecule has 1 fully saturated rings. The molecule has 1 N–H and O–H groups in total. The first-order chi connectivity index (χ1) is 7.82. The van der Waals surface area contributed by atoms with Crippen molar-refractivity contribution < 1.29 is 14.6 Å². The van der Waals surface area contributed by atoms with Gasteiger partial charge in [0, 0.05) is 12.3 Å². The van der Waals surface area contributed by atoms with Crippen LogP contribution in [0.15, 0.2) is 12.2 Å². The molecular formula is C13H17NO3. The van der Waals surface area contributed by atoms with Gasteiger partial charge in [0.2, 0.25) is 0 Å². The summed E-state index contributed by atoms with van der Waals surface area (Å²) in [5, 5.41) is 19.6. The average molecular weight is 235 g/mol. The first-order valence-corrected chi connectivity index (χ1v) is 5.82. The molecule has 4 atom stereocenters. The molecule has 0 bridgehead atoms. The maximum absolute atomic E-state index is 11.7. The second kappa shape index (κ2) is 3.66. The third kappa shape index (κ3) is 1.70. The van der Waals surface area contributed by atoms with E-state index < -0.39 is 29.1 Å². The lowest BCUT2D eigenvalue weighted by Crippen LogP contribution is -2.59. The molecule has 0 amide bonds. The van der Waals surface area contributed by atoms with Crippen LogP contribution in [-0.4, -0.2) is 28.7 Å². The van der Waals surface area contributed by atoms with Crippen LogP contribution in [0, 0.1) is 22.7 Å². The Labute approximate surface area is 101 Å². The number of aliphatic hydroxyl groups excluding tert-OH is 1. The standard InChI is InChI=1S/C13H17NO3/c1-8-9(15)4-5-13(7-14)10(16)6-12(2,3)17-11(8)13/h4-5,8,10-11,16H,6H2,1-3H3/t8-,10-,11?,13+/m1/s1. The van der Waals surface area contributed by atoms with Crippen molar-refractivity contribution in [3.8, 4) is 6.07 Å². The summed E-state index contributed by atoms with van der Waals surface area (Å²) >= 11 is 0. The Bertz CT molecular complexity index is 421. The fourth-order valence-electron chi connectivity index (χ4n) is 2.73. The highest BCUT2D eigenvalue weighted by atomic mass is 16.5. The van der Waals surface area contributed by atoms with Gasteiger partial charge in [0.1, 0.15) is 5.41 Å². The number of fused-ring (bicyclic) bond motifs is 1. The number of hydrogen-bond donors (Lipinski definition) is 1. The fraction of sp³-hybridized carbons (Fsp3) is 0.692. The van der Waals surface area contributed by atoms with Crippen LogP contribution >= 0.6 is 0 Å². The second-order valence-corrected chi connectivity index (χ2v) is 5.59. The molecule has 0 aromatic rings.